The second-order valence-electron chi connectivity index (χ2n) is 4.87. The Morgan fingerprint density at radius 3 is 2.21 bits per heavy atom. The molecule has 3 unspecified atom stereocenters. The highest BCUT2D eigenvalue weighted by atomic mass is 19.4. The molecular formula is C12H23F3N2O2. The summed E-state index contributed by atoms with van der Waals surface area (Å²) in [4.78, 5) is 1.26. The van der Waals surface area contributed by atoms with Crippen molar-refractivity contribution in [2.24, 2.45) is 11.7 Å². The fourth-order valence-corrected chi connectivity index (χ4v) is 2.42. The minimum Gasteiger partial charge on any atom is -0.379 e. The molecule has 0 spiro atoms. The van der Waals surface area contributed by atoms with Crippen molar-refractivity contribution in [1.82, 2.24) is 4.90 Å². The van der Waals surface area contributed by atoms with Crippen molar-refractivity contribution in [1.29, 1.82) is 0 Å². The monoisotopic (exact) mass is 284 g/mol. The highest BCUT2D eigenvalue weighted by Gasteiger charge is 2.60. The lowest BCUT2D eigenvalue weighted by Gasteiger charge is -2.48. The maximum atomic E-state index is 13.5. The van der Waals surface area contributed by atoms with E-state index in [-0.39, 0.29) is 26.3 Å². The van der Waals surface area contributed by atoms with Gasteiger partial charge in [-0.05, 0) is 13.8 Å². The van der Waals surface area contributed by atoms with Crippen molar-refractivity contribution < 1.29 is 22.6 Å². The Labute approximate surface area is 112 Å². The largest absolute Gasteiger partial charge is 0.420 e. The standard InChI is InChI=1S/C12H23F3N2O2/c1-4-19-10(3)9(2)11(16,12(13,14)15)17-5-7-18-8-6-17/h9-10H,4-8,16H2,1-3H3. The smallest absolute Gasteiger partial charge is 0.379 e. The van der Waals surface area contributed by atoms with Gasteiger partial charge in [0.15, 0.2) is 5.66 Å². The second-order valence-corrected chi connectivity index (χ2v) is 4.87. The van der Waals surface area contributed by atoms with Crippen molar-refractivity contribution >= 4 is 0 Å². The lowest BCUT2D eigenvalue weighted by Crippen LogP contribution is -2.72. The van der Waals surface area contributed by atoms with Gasteiger partial charge in [-0.1, -0.05) is 6.92 Å². The summed E-state index contributed by atoms with van der Waals surface area (Å²) in [6.45, 7) is 6.13. The van der Waals surface area contributed by atoms with Crippen LogP contribution in [0.25, 0.3) is 0 Å². The summed E-state index contributed by atoms with van der Waals surface area (Å²) in [6, 6.07) is 0. The first-order valence-electron chi connectivity index (χ1n) is 6.55. The minimum atomic E-state index is -4.52. The normalized spacial score (nSPS) is 24.8. The summed E-state index contributed by atoms with van der Waals surface area (Å²) >= 11 is 0. The predicted octanol–water partition coefficient (Wildman–Crippen LogP) is 1.60. The van der Waals surface area contributed by atoms with Gasteiger partial charge < -0.3 is 15.2 Å². The number of alkyl halides is 3. The van der Waals surface area contributed by atoms with Gasteiger partial charge in [-0.25, -0.2) is 0 Å². The Morgan fingerprint density at radius 1 is 1.26 bits per heavy atom. The average Bonchev–Trinajstić information content (AvgIpc) is 2.37. The number of nitrogens with two attached hydrogens (primary N) is 1. The molecule has 0 aromatic heterocycles. The fraction of sp³-hybridized carbons (Fsp3) is 1.00. The number of nitrogens with zero attached hydrogens (tertiary/aromatic N) is 1. The molecule has 1 heterocycles. The maximum Gasteiger partial charge on any atom is 0.420 e. The molecule has 0 bridgehead atoms. The van der Waals surface area contributed by atoms with Gasteiger partial charge in [-0.3, -0.25) is 4.90 Å². The Bertz CT molecular complexity index is 283. The summed E-state index contributed by atoms with van der Waals surface area (Å²) in [5.41, 5.74) is 3.41. The highest BCUT2D eigenvalue weighted by Crippen LogP contribution is 2.39. The molecule has 2 N–H and O–H groups in total. The lowest BCUT2D eigenvalue weighted by atomic mass is 9.87. The van der Waals surface area contributed by atoms with Gasteiger partial charge in [-0.15, -0.1) is 0 Å². The number of morpholine rings is 1. The van der Waals surface area contributed by atoms with E-state index < -0.39 is 23.9 Å². The highest BCUT2D eigenvalue weighted by molar-refractivity contribution is 4.98. The van der Waals surface area contributed by atoms with Gasteiger partial charge in [0.2, 0.25) is 0 Å². The molecule has 0 radical (unpaired) electrons. The van der Waals surface area contributed by atoms with Crippen LogP contribution in [0.5, 0.6) is 0 Å². The van der Waals surface area contributed by atoms with Crippen LogP contribution in [0.4, 0.5) is 13.2 Å². The van der Waals surface area contributed by atoms with E-state index in [2.05, 4.69) is 0 Å². The van der Waals surface area contributed by atoms with E-state index >= 15 is 0 Å². The Hall–Kier alpha value is -0.370. The zero-order valence-corrected chi connectivity index (χ0v) is 11.7. The van der Waals surface area contributed by atoms with Crippen LogP contribution in [-0.2, 0) is 9.47 Å². The fourth-order valence-electron chi connectivity index (χ4n) is 2.42. The molecule has 0 aromatic rings. The van der Waals surface area contributed by atoms with Crippen LogP contribution in [0.3, 0.4) is 0 Å². The Morgan fingerprint density at radius 2 is 1.79 bits per heavy atom. The molecule has 19 heavy (non-hydrogen) atoms. The number of hydrogen-bond acceptors (Lipinski definition) is 4. The van der Waals surface area contributed by atoms with Crippen LogP contribution in [0.2, 0.25) is 0 Å². The van der Waals surface area contributed by atoms with Crippen molar-refractivity contribution in [3.63, 3.8) is 0 Å². The number of hydrogen-bond donors (Lipinski definition) is 1. The van der Waals surface area contributed by atoms with Crippen molar-refractivity contribution in [2.75, 3.05) is 32.9 Å². The first-order valence-corrected chi connectivity index (χ1v) is 6.55. The molecule has 0 aliphatic carbocycles. The van der Waals surface area contributed by atoms with Gasteiger partial charge in [0, 0.05) is 25.6 Å². The molecule has 1 aliphatic heterocycles. The van der Waals surface area contributed by atoms with Crippen LogP contribution >= 0.6 is 0 Å². The van der Waals surface area contributed by atoms with Gasteiger partial charge in [0.1, 0.15) is 0 Å². The van der Waals surface area contributed by atoms with E-state index in [4.69, 9.17) is 15.2 Å². The average molecular weight is 284 g/mol. The summed E-state index contributed by atoms with van der Waals surface area (Å²) in [7, 11) is 0. The number of ether oxygens (including phenoxy) is 2. The van der Waals surface area contributed by atoms with Crippen LogP contribution in [-0.4, -0.2) is 55.8 Å². The first kappa shape index (κ1) is 16.7. The summed E-state index contributed by atoms with van der Waals surface area (Å²) < 4.78 is 50.8. The van der Waals surface area contributed by atoms with Crippen molar-refractivity contribution in [3.05, 3.63) is 0 Å². The summed E-state index contributed by atoms with van der Waals surface area (Å²) in [5, 5.41) is 0. The van der Waals surface area contributed by atoms with E-state index in [9.17, 15) is 13.2 Å². The molecule has 1 aliphatic rings. The molecule has 4 nitrogen and oxygen atoms in total. The molecule has 0 saturated carbocycles. The van der Waals surface area contributed by atoms with Gasteiger partial charge >= 0.3 is 6.18 Å². The topological polar surface area (TPSA) is 47.7 Å². The van der Waals surface area contributed by atoms with Crippen LogP contribution < -0.4 is 5.73 Å². The molecule has 0 amide bonds. The molecule has 1 saturated heterocycles. The molecule has 3 atom stereocenters. The molecule has 1 rings (SSSR count). The SMILES string of the molecule is CCOC(C)C(C)C(N)(N1CCOCC1)C(F)(F)F. The lowest BCUT2D eigenvalue weighted by molar-refractivity contribution is -0.265. The summed E-state index contributed by atoms with van der Waals surface area (Å²) in [5.74, 6) is -0.870. The van der Waals surface area contributed by atoms with Gasteiger partial charge in [0.25, 0.3) is 0 Å². The van der Waals surface area contributed by atoms with Crippen molar-refractivity contribution in [3.8, 4) is 0 Å². The predicted molar refractivity (Wildman–Crippen MR) is 65.6 cm³/mol. The molecular weight excluding hydrogens is 261 g/mol. The Balaban J connectivity index is 2.98. The third-order valence-corrected chi connectivity index (χ3v) is 3.82. The molecule has 1 fully saturated rings. The third kappa shape index (κ3) is 3.39. The summed E-state index contributed by atoms with van der Waals surface area (Å²) in [6.07, 6.45) is -5.09. The minimum absolute atomic E-state index is 0.180. The molecule has 7 heteroatoms. The van der Waals surface area contributed by atoms with E-state index in [0.717, 1.165) is 0 Å². The van der Waals surface area contributed by atoms with E-state index in [1.807, 2.05) is 0 Å². The van der Waals surface area contributed by atoms with Crippen LogP contribution in [0, 0.1) is 5.92 Å². The van der Waals surface area contributed by atoms with Crippen LogP contribution in [0.15, 0.2) is 0 Å². The van der Waals surface area contributed by atoms with E-state index in [1.165, 1.54) is 11.8 Å². The van der Waals surface area contributed by atoms with Crippen molar-refractivity contribution in [2.45, 2.75) is 38.7 Å². The van der Waals surface area contributed by atoms with Gasteiger partial charge in [0.05, 0.1) is 19.3 Å². The molecule has 114 valence electrons. The van der Waals surface area contributed by atoms with E-state index in [1.54, 1.807) is 13.8 Å². The number of rotatable bonds is 5. The molecule has 0 aromatic carbocycles. The number of halogens is 3. The maximum absolute atomic E-state index is 13.5. The third-order valence-electron chi connectivity index (χ3n) is 3.82. The second kappa shape index (κ2) is 6.39. The zero-order chi connectivity index (χ0) is 14.7. The first-order chi connectivity index (χ1) is 8.75. The quantitative estimate of drug-likeness (QED) is 0.833. The van der Waals surface area contributed by atoms with Gasteiger partial charge in [-0.2, -0.15) is 13.2 Å². The zero-order valence-electron chi connectivity index (χ0n) is 11.7. The van der Waals surface area contributed by atoms with E-state index in [0.29, 0.717) is 6.61 Å². The Kier molecular flexibility index (Phi) is 5.61. The van der Waals surface area contributed by atoms with Crippen LogP contribution in [0.1, 0.15) is 20.8 Å².